The van der Waals surface area contributed by atoms with Crippen molar-refractivity contribution in [3.05, 3.63) is 35.0 Å². The number of hydrogen-bond acceptors (Lipinski definition) is 3. The number of carboxylic acid groups (broad SMARTS) is 1. The molecule has 2 aromatic rings. The molecule has 2 N–H and O–H groups in total. The number of hydrogen-bond donors (Lipinski definition) is 2. The van der Waals surface area contributed by atoms with E-state index in [4.69, 9.17) is 0 Å². The first-order chi connectivity index (χ1) is 11.3. The van der Waals surface area contributed by atoms with E-state index in [2.05, 4.69) is 4.98 Å². The van der Waals surface area contributed by atoms with E-state index in [9.17, 15) is 14.7 Å². The minimum atomic E-state index is -0.946. The summed E-state index contributed by atoms with van der Waals surface area (Å²) in [6.45, 7) is 4.42. The minimum Gasteiger partial charge on any atom is -0.480 e. The third kappa shape index (κ3) is 2.57. The fraction of sp³-hybridized carbons (Fsp3) is 0.444. The second-order valence-corrected chi connectivity index (χ2v) is 6.77. The molecule has 24 heavy (non-hydrogen) atoms. The second-order valence-electron chi connectivity index (χ2n) is 6.77. The van der Waals surface area contributed by atoms with Crippen LogP contribution in [0.1, 0.15) is 28.0 Å². The zero-order chi connectivity index (χ0) is 17.6. The van der Waals surface area contributed by atoms with Crippen molar-refractivity contribution in [2.45, 2.75) is 32.4 Å². The number of nitrogens with zero attached hydrogens (tertiary/aromatic N) is 2. The lowest BCUT2D eigenvalue weighted by molar-refractivity contribution is -0.141. The number of aryl methyl sites for hydroxylation is 2. The van der Waals surface area contributed by atoms with Crippen molar-refractivity contribution in [2.75, 3.05) is 20.6 Å². The minimum absolute atomic E-state index is 0.0568. The molecule has 128 valence electrons. The molecular formula is C18H23N3O3. The van der Waals surface area contributed by atoms with Crippen LogP contribution in [-0.2, 0) is 4.79 Å². The molecule has 3 rings (SSSR count). The van der Waals surface area contributed by atoms with Crippen LogP contribution in [0, 0.1) is 13.8 Å². The number of para-hydroxylation sites is 1. The van der Waals surface area contributed by atoms with Gasteiger partial charge in [0.1, 0.15) is 6.04 Å². The molecule has 1 aromatic heterocycles. The number of likely N-dealkylation sites (N-methyl/N-ethyl adjacent to an activating group) is 1. The van der Waals surface area contributed by atoms with Gasteiger partial charge >= 0.3 is 5.97 Å². The van der Waals surface area contributed by atoms with Crippen LogP contribution in [-0.4, -0.2) is 64.5 Å². The maximum atomic E-state index is 13.1. The quantitative estimate of drug-likeness (QED) is 0.903. The Balaban J connectivity index is 2.02. The maximum Gasteiger partial charge on any atom is 0.326 e. The molecule has 0 saturated carbocycles. The van der Waals surface area contributed by atoms with Crippen LogP contribution in [0.3, 0.4) is 0 Å². The molecule has 2 atom stereocenters. The molecule has 6 nitrogen and oxygen atoms in total. The van der Waals surface area contributed by atoms with E-state index in [1.54, 1.807) is 6.07 Å². The second kappa shape index (κ2) is 5.94. The number of benzene rings is 1. The number of aliphatic carboxylic acids is 1. The van der Waals surface area contributed by atoms with E-state index in [0.717, 1.165) is 22.2 Å². The van der Waals surface area contributed by atoms with Gasteiger partial charge in [0.15, 0.2) is 0 Å². The van der Waals surface area contributed by atoms with Gasteiger partial charge in [-0.3, -0.25) is 4.79 Å². The average Bonchev–Trinajstić information content (AvgIpc) is 3.10. The molecule has 1 amide bonds. The highest BCUT2D eigenvalue weighted by Crippen LogP contribution is 2.28. The third-order valence-electron chi connectivity index (χ3n) is 5.13. The van der Waals surface area contributed by atoms with E-state index in [0.29, 0.717) is 18.5 Å². The summed E-state index contributed by atoms with van der Waals surface area (Å²) in [7, 11) is 3.83. The molecule has 0 radical (unpaired) electrons. The number of fused-ring (bicyclic) bond motifs is 1. The molecule has 1 saturated heterocycles. The number of aromatic amines is 1. The summed E-state index contributed by atoms with van der Waals surface area (Å²) in [5, 5.41) is 10.5. The normalized spacial score (nSPS) is 21.0. The van der Waals surface area contributed by atoms with Gasteiger partial charge in [0.25, 0.3) is 5.91 Å². The molecule has 0 bridgehead atoms. The summed E-state index contributed by atoms with van der Waals surface area (Å²) in [4.78, 5) is 31.5. The van der Waals surface area contributed by atoms with Crippen molar-refractivity contribution in [2.24, 2.45) is 0 Å². The number of carbonyl (C=O) groups is 2. The summed E-state index contributed by atoms with van der Waals surface area (Å²) in [5.41, 5.74) is 3.46. The van der Waals surface area contributed by atoms with Crippen molar-refractivity contribution < 1.29 is 14.7 Å². The van der Waals surface area contributed by atoms with E-state index in [1.165, 1.54) is 4.90 Å². The average molecular weight is 329 g/mol. The van der Waals surface area contributed by atoms with Crippen molar-refractivity contribution >= 4 is 22.8 Å². The first-order valence-corrected chi connectivity index (χ1v) is 8.09. The Bertz CT molecular complexity index is 809. The molecule has 1 aliphatic heterocycles. The number of amides is 1. The summed E-state index contributed by atoms with van der Waals surface area (Å²) in [6.07, 6.45) is 0.451. The Morgan fingerprint density at radius 3 is 2.62 bits per heavy atom. The van der Waals surface area contributed by atoms with Crippen LogP contribution in [0.25, 0.3) is 10.9 Å². The number of likely N-dealkylation sites (tertiary alicyclic amines) is 1. The molecule has 1 aliphatic rings. The number of carbonyl (C=O) groups excluding carboxylic acids is 1. The largest absolute Gasteiger partial charge is 0.480 e. The van der Waals surface area contributed by atoms with Gasteiger partial charge in [0, 0.05) is 23.7 Å². The number of H-pyrrole nitrogens is 1. The fourth-order valence-corrected chi connectivity index (χ4v) is 3.46. The molecular weight excluding hydrogens is 306 g/mol. The predicted molar refractivity (Wildman–Crippen MR) is 92.3 cm³/mol. The summed E-state index contributed by atoms with van der Waals surface area (Å²) >= 11 is 0. The Morgan fingerprint density at radius 1 is 1.29 bits per heavy atom. The highest BCUT2D eigenvalue weighted by atomic mass is 16.4. The molecule has 6 heteroatoms. The zero-order valence-electron chi connectivity index (χ0n) is 14.5. The first kappa shape index (κ1) is 16.5. The lowest BCUT2D eigenvalue weighted by Gasteiger charge is -2.22. The molecule has 0 unspecified atom stereocenters. The summed E-state index contributed by atoms with van der Waals surface area (Å²) in [5.74, 6) is -1.17. The zero-order valence-corrected chi connectivity index (χ0v) is 14.5. The van der Waals surface area contributed by atoms with Gasteiger partial charge in [-0.1, -0.05) is 12.1 Å². The van der Waals surface area contributed by atoms with E-state index in [-0.39, 0.29) is 11.9 Å². The Hall–Kier alpha value is -2.34. The highest BCUT2D eigenvalue weighted by Gasteiger charge is 2.41. The van der Waals surface area contributed by atoms with Gasteiger partial charge < -0.3 is 19.9 Å². The van der Waals surface area contributed by atoms with Crippen LogP contribution in [0.5, 0.6) is 0 Å². The van der Waals surface area contributed by atoms with Crippen molar-refractivity contribution in [3.8, 4) is 0 Å². The van der Waals surface area contributed by atoms with Crippen LogP contribution in [0.4, 0.5) is 0 Å². The lowest BCUT2D eigenvalue weighted by Crippen LogP contribution is -2.41. The molecule has 1 fully saturated rings. The van der Waals surface area contributed by atoms with Gasteiger partial charge in [0.2, 0.25) is 0 Å². The first-order valence-electron chi connectivity index (χ1n) is 8.09. The predicted octanol–water partition coefficient (Wildman–Crippen LogP) is 2.01. The van der Waals surface area contributed by atoms with Crippen molar-refractivity contribution in [1.29, 1.82) is 0 Å². The summed E-state index contributed by atoms with van der Waals surface area (Å²) in [6, 6.07) is 4.87. The van der Waals surface area contributed by atoms with Gasteiger partial charge in [-0.2, -0.15) is 0 Å². The van der Waals surface area contributed by atoms with E-state index < -0.39 is 12.0 Å². The number of aromatic nitrogens is 1. The van der Waals surface area contributed by atoms with Gasteiger partial charge in [0.05, 0.1) is 11.1 Å². The van der Waals surface area contributed by atoms with Gasteiger partial charge in [-0.15, -0.1) is 0 Å². The Labute approximate surface area is 141 Å². The maximum absolute atomic E-state index is 13.1. The van der Waals surface area contributed by atoms with Crippen LogP contribution < -0.4 is 0 Å². The molecule has 1 aromatic carbocycles. The molecule has 2 heterocycles. The Kier molecular flexibility index (Phi) is 4.09. The van der Waals surface area contributed by atoms with E-state index >= 15 is 0 Å². The van der Waals surface area contributed by atoms with Crippen molar-refractivity contribution in [1.82, 2.24) is 14.8 Å². The lowest BCUT2D eigenvalue weighted by atomic mass is 10.1. The monoisotopic (exact) mass is 329 g/mol. The SMILES string of the molecule is Cc1[nH]c2c(C(=O)N3C[C@H](N(C)C)C[C@H]3C(=O)O)cccc2c1C. The van der Waals surface area contributed by atoms with Crippen LogP contribution >= 0.6 is 0 Å². The van der Waals surface area contributed by atoms with Crippen LogP contribution in [0.15, 0.2) is 18.2 Å². The number of nitrogens with one attached hydrogen (secondary N) is 1. The molecule has 0 spiro atoms. The van der Waals surface area contributed by atoms with Gasteiger partial charge in [-0.05, 0) is 46.0 Å². The van der Waals surface area contributed by atoms with Crippen molar-refractivity contribution in [3.63, 3.8) is 0 Å². The fourth-order valence-electron chi connectivity index (χ4n) is 3.46. The van der Waals surface area contributed by atoms with Gasteiger partial charge in [-0.25, -0.2) is 4.79 Å². The van der Waals surface area contributed by atoms with Crippen LogP contribution in [0.2, 0.25) is 0 Å². The topological polar surface area (TPSA) is 76.6 Å². The Morgan fingerprint density at radius 2 is 2.00 bits per heavy atom. The van der Waals surface area contributed by atoms with E-state index in [1.807, 2.05) is 45.0 Å². The standard InChI is InChI=1S/C18H23N3O3/c1-10-11(2)19-16-13(10)6-5-7-14(16)17(22)21-9-12(20(3)4)8-15(21)18(23)24/h5-7,12,15,19H,8-9H2,1-4H3,(H,23,24)/t12-,15+/m1/s1. The highest BCUT2D eigenvalue weighted by molar-refractivity contribution is 6.07. The number of carboxylic acids is 1. The summed E-state index contributed by atoms with van der Waals surface area (Å²) < 4.78 is 0. The number of rotatable bonds is 3. The third-order valence-corrected chi connectivity index (χ3v) is 5.13. The molecule has 0 aliphatic carbocycles. The smallest absolute Gasteiger partial charge is 0.326 e.